The van der Waals surface area contributed by atoms with Crippen LogP contribution in [-0.2, 0) is 13.0 Å². The molecule has 1 aromatic heterocycles. The van der Waals surface area contributed by atoms with E-state index >= 15 is 0 Å². The number of benzene rings is 2. The van der Waals surface area contributed by atoms with Crippen molar-refractivity contribution in [3.8, 4) is 0 Å². The third-order valence-corrected chi connectivity index (χ3v) is 4.17. The molecule has 104 valence electrons. The number of aliphatic hydroxyl groups excluding tert-OH is 1. The van der Waals surface area contributed by atoms with Gasteiger partial charge in [-0.1, -0.05) is 42.5 Å². The van der Waals surface area contributed by atoms with E-state index in [2.05, 4.69) is 40.2 Å². The van der Waals surface area contributed by atoms with Gasteiger partial charge < -0.3 is 10.0 Å². The molecule has 0 fully saturated rings. The first-order valence-corrected chi connectivity index (χ1v) is 7.21. The molecule has 21 heavy (non-hydrogen) atoms. The summed E-state index contributed by atoms with van der Waals surface area (Å²) in [6.07, 6.45) is 2.84. The summed E-state index contributed by atoms with van der Waals surface area (Å²) in [5.41, 5.74) is 3.49. The van der Waals surface area contributed by atoms with Gasteiger partial charge in [-0.3, -0.25) is 0 Å². The summed E-state index contributed by atoms with van der Waals surface area (Å²) < 4.78 is 0. The summed E-state index contributed by atoms with van der Waals surface area (Å²) in [4.78, 5) is 6.90. The smallest absolute Gasteiger partial charge is 0.140 e. The number of aromatic nitrogens is 1. The Morgan fingerprint density at radius 1 is 1.00 bits per heavy atom. The van der Waals surface area contributed by atoms with Crippen molar-refractivity contribution >= 4 is 22.3 Å². The van der Waals surface area contributed by atoms with Gasteiger partial charge in [-0.2, -0.15) is 0 Å². The van der Waals surface area contributed by atoms with Crippen LogP contribution >= 0.6 is 0 Å². The molecular weight excluding hydrogens is 260 g/mol. The molecule has 0 unspecified atom stereocenters. The minimum Gasteiger partial charge on any atom is -0.392 e. The Hall–Kier alpha value is -2.39. The predicted octanol–water partition coefficient (Wildman–Crippen LogP) is 3.42. The van der Waals surface area contributed by atoms with E-state index < -0.39 is 0 Å². The van der Waals surface area contributed by atoms with Crippen LogP contribution in [0, 0.1) is 0 Å². The Kier molecular flexibility index (Phi) is 2.86. The topological polar surface area (TPSA) is 36.4 Å². The van der Waals surface area contributed by atoms with Crippen LogP contribution in [0.15, 0.2) is 54.7 Å². The van der Waals surface area contributed by atoms with E-state index in [4.69, 9.17) is 0 Å². The monoisotopic (exact) mass is 276 g/mol. The Morgan fingerprint density at radius 3 is 2.62 bits per heavy atom. The zero-order chi connectivity index (χ0) is 14.2. The minimum atomic E-state index is 0.0182. The average Bonchev–Trinajstić information content (AvgIpc) is 2.98. The van der Waals surface area contributed by atoms with Gasteiger partial charge in [0.2, 0.25) is 0 Å². The molecule has 0 radical (unpaired) electrons. The van der Waals surface area contributed by atoms with Crippen molar-refractivity contribution in [3.05, 3.63) is 65.9 Å². The highest BCUT2D eigenvalue weighted by atomic mass is 16.3. The van der Waals surface area contributed by atoms with E-state index in [9.17, 15) is 5.11 Å². The van der Waals surface area contributed by atoms with Crippen LogP contribution in [0.4, 0.5) is 11.5 Å². The maximum absolute atomic E-state index is 9.50. The van der Waals surface area contributed by atoms with Crippen molar-refractivity contribution in [2.45, 2.75) is 13.0 Å². The van der Waals surface area contributed by atoms with Crippen LogP contribution in [0.5, 0.6) is 0 Å². The number of anilines is 2. The molecule has 1 aliphatic heterocycles. The molecule has 0 saturated heterocycles. The maximum Gasteiger partial charge on any atom is 0.140 e. The summed E-state index contributed by atoms with van der Waals surface area (Å²) in [5.74, 6) is 0.979. The lowest BCUT2D eigenvalue weighted by molar-refractivity contribution is 0.283. The quantitative estimate of drug-likeness (QED) is 0.779. The molecule has 3 nitrogen and oxygen atoms in total. The second-order valence-corrected chi connectivity index (χ2v) is 5.34. The predicted molar refractivity (Wildman–Crippen MR) is 84.8 cm³/mol. The minimum absolute atomic E-state index is 0.0182. The molecule has 2 aromatic carbocycles. The van der Waals surface area contributed by atoms with E-state index in [1.165, 1.54) is 11.3 Å². The van der Waals surface area contributed by atoms with E-state index in [1.54, 1.807) is 6.20 Å². The highest BCUT2D eigenvalue weighted by Crippen LogP contribution is 2.37. The van der Waals surface area contributed by atoms with Crippen LogP contribution in [0.25, 0.3) is 10.8 Å². The molecule has 0 amide bonds. The molecular formula is C18H16N2O. The Bertz CT molecular complexity index is 813. The summed E-state index contributed by atoms with van der Waals surface area (Å²) in [5, 5.41) is 11.7. The Labute approximate surface area is 123 Å². The van der Waals surface area contributed by atoms with Crippen LogP contribution in [0.2, 0.25) is 0 Å². The molecule has 2 heterocycles. The lowest BCUT2D eigenvalue weighted by Crippen LogP contribution is -2.15. The molecule has 0 saturated carbocycles. The van der Waals surface area contributed by atoms with E-state index in [0.29, 0.717) is 0 Å². The number of para-hydroxylation sites is 1. The van der Waals surface area contributed by atoms with Crippen molar-refractivity contribution < 1.29 is 5.11 Å². The SMILES string of the molecule is OCc1cnc(N2CCc3ccccc32)c2ccccc12. The first-order valence-electron chi connectivity index (χ1n) is 7.21. The van der Waals surface area contributed by atoms with Crippen LogP contribution in [0.1, 0.15) is 11.1 Å². The largest absolute Gasteiger partial charge is 0.392 e. The van der Waals surface area contributed by atoms with Gasteiger partial charge in [0.1, 0.15) is 5.82 Å². The summed E-state index contributed by atoms with van der Waals surface area (Å²) >= 11 is 0. The van der Waals surface area contributed by atoms with Gasteiger partial charge in [-0.15, -0.1) is 0 Å². The third kappa shape index (κ3) is 1.89. The molecule has 0 spiro atoms. The van der Waals surface area contributed by atoms with Crippen molar-refractivity contribution in [2.24, 2.45) is 0 Å². The third-order valence-electron chi connectivity index (χ3n) is 4.17. The van der Waals surface area contributed by atoms with Crippen molar-refractivity contribution in [2.75, 3.05) is 11.4 Å². The average molecular weight is 276 g/mol. The highest BCUT2D eigenvalue weighted by Gasteiger charge is 2.22. The van der Waals surface area contributed by atoms with Gasteiger partial charge in [-0.05, 0) is 23.4 Å². The molecule has 3 heteroatoms. The zero-order valence-electron chi connectivity index (χ0n) is 11.7. The molecule has 1 aliphatic rings. The molecule has 4 rings (SSSR count). The maximum atomic E-state index is 9.50. The van der Waals surface area contributed by atoms with Gasteiger partial charge in [0.05, 0.1) is 6.61 Å². The first-order chi connectivity index (χ1) is 10.4. The van der Waals surface area contributed by atoms with Gasteiger partial charge in [-0.25, -0.2) is 4.98 Å². The number of pyridine rings is 1. The number of hydrogen-bond acceptors (Lipinski definition) is 3. The van der Waals surface area contributed by atoms with Crippen LogP contribution in [0.3, 0.4) is 0 Å². The van der Waals surface area contributed by atoms with Crippen molar-refractivity contribution in [1.82, 2.24) is 4.98 Å². The molecule has 0 bridgehead atoms. The Balaban J connectivity index is 1.93. The standard InChI is InChI=1S/C18H16N2O/c21-12-14-11-19-18(16-7-3-2-6-15(14)16)20-10-9-13-5-1-4-8-17(13)20/h1-8,11,21H,9-10,12H2. The number of hydrogen-bond donors (Lipinski definition) is 1. The van der Waals surface area contributed by atoms with E-state index in [-0.39, 0.29) is 6.61 Å². The second kappa shape index (κ2) is 4.86. The number of fused-ring (bicyclic) bond motifs is 2. The zero-order valence-corrected chi connectivity index (χ0v) is 11.7. The number of nitrogens with zero attached hydrogens (tertiary/aromatic N) is 2. The van der Waals surface area contributed by atoms with Gasteiger partial charge >= 0.3 is 0 Å². The van der Waals surface area contributed by atoms with Gasteiger partial charge in [0.15, 0.2) is 0 Å². The molecule has 1 N–H and O–H groups in total. The summed E-state index contributed by atoms with van der Waals surface area (Å²) in [6.45, 7) is 0.971. The second-order valence-electron chi connectivity index (χ2n) is 5.34. The fourth-order valence-electron chi connectivity index (χ4n) is 3.14. The highest BCUT2D eigenvalue weighted by molar-refractivity contribution is 5.96. The lowest BCUT2D eigenvalue weighted by Gasteiger charge is -2.21. The lowest BCUT2D eigenvalue weighted by atomic mass is 10.1. The fraction of sp³-hybridized carbons (Fsp3) is 0.167. The molecule has 0 atom stereocenters. The van der Waals surface area contributed by atoms with Gasteiger partial charge in [0.25, 0.3) is 0 Å². The van der Waals surface area contributed by atoms with E-state index in [1.807, 2.05) is 18.2 Å². The van der Waals surface area contributed by atoms with Crippen molar-refractivity contribution in [3.63, 3.8) is 0 Å². The van der Waals surface area contributed by atoms with E-state index in [0.717, 1.165) is 35.1 Å². The Morgan fingerprint density at radius 2 is 1.76 bits per heavy atom. The number of rotatable bonds is 2. The molecule has 3 aromatic rings. The summed E-state index contributed by atoms with van der Waals surface area (Å²) in [7, 11) is 0. The first kappa shape index (κ1) is 12.4. The van der Waals surface area contributed by atoms with Crippen LogP contribution in [-0.4, -0.2) is 16.6 Å². The number of aliphatic hydroxyl groups is 1. The fourth-order valence-corrected chi connectivity index (χ4v) is 3.14. The normalized spacial score (nSPS) is 13.7. The van der Waals surface area contributed by atoms with Gasteiger partial charge in [0, 0.05) is 29.4 Å². The summed E-state index contributed by atoms with van der Waals surface area (Å²) in [6, 6.07) is 16.6. The van der Waals surface area contributed by atoms with Crippen molar-refractivity contribution in [1.29, 1.82) is 0 Å². The molecule has 0 aliphatic carbocycles. The van der Waals surface area contributed by atoms with Crippen LogP contribution < -0.4 is 4.90 Å².